The Labute approximate surface area is 154 Å². The lowest BCUT2D eigenvalue weighted by atomic mass is 9.82. The summed E-state index contributed by atoms with van der Waals surface area (Å²) in [6.07, 6.45) is 2.83. The van der Waals surface area contributed by atoms with E-state index in [2.05, 4.69) is 32.5 Å². The fraction of sp³-hybridized carbons (Fsp3) is 0.550. The third kappa shape index (κ3) is 3.38. The zero-order valence-electron chi connectivity index (χ0n) is 15.4. The summed E-state index contributed by atoms with van der Waals surface area (Å²) in [6.45, 7) is 6.69. The quantitative estimate of drug-likeness (QED) is 0.914. The van der Waals surface area contributed by atoms with Crippen molar-refractivity contribution in [2.24, 2.45) is 0 Å². The Hall–Kier alpha value is -2.21. The van der Waals surface area contributed by atoms with Crippen LogP contribution in [-0.2, 0) is 11.3 Å². The minimum atomic E-state index is -0.0611. The Morgan fingerprint density at radius 2 is 2.00 bits per heavy atom. The highest BCUT2D eigenvalue weighted by molar-refractivity contribution is 5.87. The van der Waals surface area contributed by atoms with Gasteiger partial charge in [0, 0.05) is 24.5 Å². The lowest BCUT2D eigenvalue weighted by Crippen LogP contribution is -2.50. The van der Waals surface area contributed by atoms with E-state index in [9.17, 15) is 4.79 Å². The SMILES string of the molecule is CC(C)c1nc(CN2CCC3(CC2)C[C@@H](c2ccccc2)C(=O)N3)no1. The molecule has 1 atom stereocenters. The van der Waals surface area contributed by atoms with E-state index < -0.39 is 0 Å². The van der Waals surface area contributed by atoms with Gasteiger partial charge in [0.15, 0.2) is 5.82 Å². The second kappa shape index (κ2) is 6.83. The number of hydrogen-bond acceptors (Lipinski definition) is 5. The van der Waals surface area contributed by atoms with Crippen molar-refractivity contribution in [1.29, 1.82) is 0 Å². The number of nitrogens with zero attached hydrogens (tertiary/aromatic N) is 3. The van der Waals surface area contributed by atoms with Gasteiger partial charge >= 0.3 is 0 Å². The van der Waals surface area contributed by atoms with Crippen molar-refractivity contribution in [1.82, 2.24) is 20.4 Å². The smallest absolute Gasteiger partial charge is 0.229 e. The third-order valence-corrected chi connectivity index (χ3v) is 5.66. The van der Waals surface area contributed by atoms with E-state index in [1.165, 1.54) is 0 Å². The van der Waals surface area contributed by atoms with Crippen molar-refractivity contribution < 1.29 is 9.32 Å². The standard InChI is InChI=1S/C20H26N4O2/c1-14(2)19-21-17(23-26-19)13-24-10-8-20(9-11-24)12-16(18(25)22-20)15-6-4-3-5-7-15/h3-7,14,16H,8-13H2,1-2H3,(H,22,25)/t16-/m0/s1. The van der Waals surface area contributed by atoms with Crippen LogP contribution in [0.1, 0.15) is 62.2 Å². The predicted molar refractivity (Wildman–Crippen MR) is 97.6 cm³/mol. The van der Waals surface area contributed by atoms with E-state index >= 15 is 0 Å². The first-order valence-electron chi connectivity index (χ1n) is 9.46. The molecule has 3 heterocycles. The molecule has 2 fully saturated rings. The number of benzene rings is 1. The zero-order chi connectivity index (χ0) is 18.1. The van der Waals surface area contributed by atoms with Crippen molar-refractivity contribution in [2.45, 2.75) is 57.0 Å². The summed E-state index contributed by atoms with van der Waals surface area (Å²) in [7, 11) is 0. The maximum absolute atomic E-state index is 12.5. The number of rotatable bonds is 4. The topological polar surface area (TPSA) is 71.3 Å². The van der Waals surface area contributed by atoms with Gasteiger partial charge in [-0.05, 0) is 24.8 Å². The molecule has 0 aliphatic carbocycles. The Morgan fingerprint density at radius 1 is 1.27 bits per heavy atom. The van der Waals surface area contributed by atoms with E-state index in [1.807, 2.05) is 32.0 Å². The second-order valence-corrected chi connectivity index (χ2v) is 7.92. The fourth-order valence-corrected chi connectivity index (χ4v) is 4.07. The lowest BCUT2D eigenvalue weighted by Gasteiger charge is -2.38. The molecular formula is C20H26N4O2. The van der Waals surface area contributed by atoms with E-state index in [0.717, 1.165) is 43.7 Å². The minimum absolute atomic E-state index is 0.0199. The monoisotopic (exact) mass is 354 g/mol. The lowest BCUT2D eigenvalue weighted by molar-refractivity contribution is -0.121. The van der Waals surface area contributed by atoms with Crippen molar-refractivity contribution in [3.05, 3.63) is 47.6 Å². The van der Waals surface area contributed by atoms with Crippen LogP contribution in [0.5, 0.6) is 0 Å². The molecular weight excluding hydrogens is 328 g/mol. The molecule has 1 amide bonds. The van der Waals surface area contributed by atoms with Gasteiger partial charge in [-0.15, -0.1) is 0 Å². The molecule has 0 unspecified atom stereocenters. The Bertz CT molecular complexity index is 763. The highest BCUT2D eigenvalue weighted by Gasteiger charge is 2.46. The molecule has 2 aromatic rings. The van der Waals surface area contributed by atoms with E-state index in [-0.39, 0.29) is 23.3 Å². The van der Waals surface area contributed by atoms with E-state index in [1.54, 1.807) is 0 Å². The van der Waals surface area contributed by atoms with Gasteiger partial charge in [0.25, 0.3) is 0 Å². The predicted octanol–water partition coefficient (Wildman–Crippen LogP) is 2.83. The third-order valence-electron chi connectivity index (χ3n) is 5.66. The van der Waals surface area contributed by atoms with Crippen LogP contribution in [0.25, 0.3) is 0 Å². The van der Waals surface area contributed by atoms with Crippen LogP contribution in [-0.4, -0.2) is 39.6 Å². The molecule has 0 radical (unpaired) electrons. The minimum Gasteiger partial charge on any atom is -0.350 e. The molecule has 2 saturated heterocycles. The van der Waals surface area contributed by atoms with Gasteiger partial charge in [-0.1, -0.05) is 49.3 Å². The number of nitrogens with one attached hydrogen (secondary N) is 1. The number of amides is 1. The first kappa shape index (κ1) is 17.2. The van der Waals surface area contributed by atoms with Crippen molar-refractivity contribution >= 4 is 5.91 Å². The Kier molecular flexibility index (Phi) is 4.53. The molecule has 26 heavy (non-hydrogen) atoms. The first-order chi connectivity index (χ1) is 12.5. The Morgan fingerprint density at radius 3 is 2.65 bits per heavy atom. The number of aromatic nitrogens is 2. The number of likely N-dealkylation sites (tertiary alicyclic amines) is 1. The van der Waals surface area contributed by atoms with Gasteiger partial charge < -0.3 is 9.84 Å². The van der Waals surface area contributed by atoms with Gasteiger partial charge in [0.1, 0.15) is 0 Å². The summed E-state index contributed by atoms with van der Waals surface area (Å²) >= 11 is 0. The van der Waals surface area contributed by atoms with Crippen LogP contribution in [0, 0.1) is 0 Å². The second-order valence-electron chi connectivity index (χ2n) is 7.92. The van der Waals surface area contributed by atoms with Crippen molar-refractivity contribution in [3.8, 4) is 0 Å². The van der Waals surface area contributed by atoms with Crippen LogP contribution < -0.4 is 5.32 Å². The summed E-state index contributed by atoms with van der Waals surface area (Å²) in [5, 5.41) is 7.39. The highest BCUT2D eigenvalue weighted by Crippen LogP contribution is 2.39. The van der Waals surface area contributed by atoms with Crippen molar-refractivity contribution in [3.63, 3.8) is 0 Å². The first-order valence-corrected chi connectivity index (χ1v) is 9.46. The highest BCUT2D eigenvalue weighted by atomic mass is 16.5. The van der Waals surface area contributed by atoms with Crippen LogP contribution in [0.15, 0.2) is 34.9 Å². The molecule has 1 aromatic heterocycles. The molecule has 0 saturated carbocycles. The molecule has 1 N–H and O–H groups in total. The van der Waals surface area contributed by atoms with Crippen LogP contribution in [0.2, 0.25) is 0 Å². The van der Waals surface area contributed by atoms with Crippen LogP contribution in [0.4, 0.5) is 0 Å². The van der Waals surface area contributed by atoms with Gasteiger partial charge in [0.05, 0.1) is 12.5 Å². The molecule has 1 aromatic carbocycles. The van der Waals surface area contributed by atoms with Crippen molar-refractivity contribution in [2.75, 3.05) is 13.1 Å². The molecule has 1 spiro atoms. The van der Waals surface area contributed by atoms with Gasteiger partial charge in [-0.25, -0.2) is 0 Å². The van der Waals surface area contributed by atoms with Gasteiger partial charge in [0.2, 0.25) is 11.8 Å². The van der Waals surface area contributed by atoms with Gasteiger partial charge in [-0.3, -0.25) is 9.69 Å². The number of hydrogen-bond donors (Lipinski definition) is 1. The van der Waals surface area contributed by atoms with Gasteiger partial charge in [-0.2, -0.15) is 4.98 Å². The summed E-state index contributed by atoms with van der Waals surface area (Å²) in [5.41, 5.74) is 1.06. The molecule has 2 aliphatic rings. The normalized spacial score (nSPS) is 22.9. The fourth-order valence-electron chi connectivity index (χ4n) is 4.07. The maximum Gasteiger partial charge on any atom is 0.229 e. The number of carbonyl (C=O) groups is 1. The summed E-state index contributed by atoms with van der Waals surface area (Å²) < 4.78 is 5.29. The molecule has 6 nitrogen and oxygen atoms in total. The number of piperidine rings is 1. The van der Waals surface area contributed by atoms with Crippen LogP contribution >= 0.6 is 0 Å². The maximum atomic E-state index is 12.5. The number of carbonyl (C=O) groups excluding carboxylic acids is 1. The summed E-state index contributed by atoms with van der Waals surface area (Å²) in [5.74, 6) is 1.85. The molecule has 0 bridgehead atoms. The molecule has 138 valence electrons. The summed E-state index contributed by atoms with van der Waals surface area (Å²) in [4.78, 5) is 19.3. The average molecular weight is 354 g/mol. The molecule has 6 heteroatoms. The molecule has 4 rings (SSSR count). The Balaban J connectivity index is 1.36. The average Bonchev–Trinajstić information content (AvgIpc) is 3.23. The van der Waals surface area contributed by atoms with E-state index in [0.29, 0.717) is 12.4 Å². The summed E-state index contributed by atoms with van der Waals surface area (Å²) in [6, 6.07) is 10.1. The van der Waals surface area contributed by atoms with E-state index in [4.69, 9.17) is 4.52 Å². The van der Waals surface area contributed by atoms with Crippen LogP contribution in [0.3, 0.4) is 0 Å². The zero-order valence-corrected chi connectivity index (χ0v) is 15.4. The molecule has 2 aliphatic heterocycles. The largest absolute Gasteiger partial charge is 0.350 e.